The molecule has 0 saturated carbocycles. The minimum absolute atomic E-state index is 0.223. The lowest BCUT2D eigenvalue weighted by atomic mass is 10.2. The van der Waals surface area contributed by atoms with Crippen LogP contribution in [0.2, 0.25) is 0 Å². The molecule has 5 heteroatoms. The largest absolute Gasteiger partial charge is 0.494 e. The van der Waals surface area contributed by atoms with E-state index in [-0.39, 0.29) is 5.75 Å². The van der Waals surface area contributed by atoms with E-state index in [1.165, 1.54) is 13.2 Å². The van der Waals surface area contributed by atoms with E-state index in [2.05, 4.69) is 15.9 Å². The molecule has 0 radical (unpaired) electrons. The molecule has 0 aliphatic carbocycles. The van der Waals surface area contributed by atoms with Gasteiger partial charge in [-0.05, 0) is 30.3 Å². The van der Waals surface area contributed by atoms with Crippen molar-refractivity contribution in [2.24, 2.45) is 0 Å². The minimum Gasteiger partial charge on any atom is -0.494 e. The summed E-state index contributed by atoms with van der Waals surface area (Å²) >= 11 is 3.36. The van der Waals surface area contributed by atoms with Crippen LogP contribution in [-0.2, 0) is 0 Å². The Morgan fingerprint density at radius 2 is 1.95 bits per heavy atom. The van der Waals surface area contributed by atoms with Crippen molar-refractivity contribution in [3.8, 4) is 5.75 Å². The Kier molecular flexibility index (Phi) is 3.95. The van der Waals surface area contributed by atoms with Gasteiger partial charge >= 0.3 is 0 Å². The second-order valence-electron chi connectivity index (χ2n) is 4.08. The molecule has 3 nitrogen and oxygen atoms in total. The van der Waals surface area contributed by atoms with Crippen LogP contribution in [0.5, 0.6) is 5.75 Å². The van der Waals surface area contributed by atoms with Gasteiger partial charge in [-0.15, -0.1) is 0 Å². The molecule has 0 atom stereocenters. The second kappa shape index (κ2) is 5.48. The first-order valence-corrected chi connectivity index (χ1v) is 6.44. The molecule has 2 N–H and O–H groups in total. The molecule has 0 aromatic heterocycles. The molecule has 0 unspecified atom stereocenters. The summed E-state index contributed by atoms with van der Waals surface area (Å²) in [4.78, 5) is 1.82. The van der Waals surface area contributed by atoms with E-state index in [0.29, 0.717) is 11.4 Å². The van der Waals surface area contributed by atoms with Crippen LogP contribution >= 0.6 is 15.9 Å². The van der Waals surface area contributed by atoms with Crippen molar-refractivity contribution in [1.82, 2.24) is 0 Å². The molecule has 0 heterocycles. The van der Waals surface area contributed by atoms with Gasteiger partial charge in [0.05, 0.1) is 18.5 Å². The van der Waals surface area contributed by atoms with Crippen molar-refractivity contribution in [3.05, 3.63) is 46.7 Å². The Hall–Kier alpha value is -1.75. The highest BCUT2D eigenvalue weighted by molar-refractivity contribution is 9.10. The van der Waals surface area contributed by atoms with Gasteiger partial charge < -0.3 is 15.4 Å². The number of methoxy groups -OCH3 is 1. The molecule has 19 heavy (non-hydrogen) atoms. The van der Waals surface area contributed by atoms with E-state index < -0.39 is 5.82 Å². The van der Waals surface area contributed by atoms with E-state index in [1.807, 2.05) is 30.1 Å². The number of hydrogen-bond acceptors (Lipinski definition) is 3. The number of ether oxygens (including phenoxy) is 1. The molecular weight excluding hydrogens is 311 g/mol. The molecule has 2 aromatic carbocycles. The quantitative estimate of drug-likeness (QED) is 0.869. The van der Waals surface area contributed by atoms with Crippen LogP contribution in [0.3, 0.4) is 0 Å². The second-order valence-corrected chi connectivity index (χ2v) is 5.00. The van der Waals surface area contributed by atoms with Crippen molar-refractivity contribution < 1.29 is 9.13 Å². The first-order chi connectivity index (χ1) is 9.02. The average molecular weight is 325 g/mol. The van der Waals surface area contributed by atoms with Crippen LogP contribution in [0.1, 0.15) is 0 Å². The van der Waals surface area contributed by atoms with Crippen LogP contribution in [0.25, 0.3) is 0 Å². The van der Waals surface area contributed by atoms with E-state index >= 15 is 0 Å². The molecule has 2 aromatic rings. The molecule has 0 spiro atoms. The van der Waals surface area contributed by atoms with E-state index in [1.54, 1.807) is 12.1 Å². The maximum absolute atomic E-state index is 13.7. The highest BCUT2D eigenvalue weighted by Gasteiger charge is 2.11. The fraction of sp³-hybridized carbons (Fsp3) is 0.143. The fourth-order valence-electron chi connectivity index (χ4n) is 1.83. The SMILES string of the molecule is COc1ccc(N(C)c2ccc(Br)cc2N)cc1F. The summed E-state index contributed by atoms with van der Waals surface area (Å²) in [7, 11) is 3.27. The summed E-state index contributed by atoms with van der Waals surface area (Å²) in [6.45, 7) is 0. The van der Waals surface area contributed by atoms with Crippen molar-refractivity contribution in [1.29, 1.82) is 0 Å². The number of nitrogen functional groups attached to an aromatic ring is 1. The van der Waals surface area contributed by atoms with Crippen LogP contribution in [-0.4, -0.2) is 14.2 Å². The smallest absolute Gasteiger partial charge is 0.167 e. The van der Waals surface area contributed by atoms with Gasteiger partial charge in [0.25, 0.3) is 0 Å². The topological polar surface area (TPSA) is 38.5 Å². The van der Waals surface area contributed by atoms with Gasteiger partial charge in [-0.2, -0.15) is 0 Å². The molecule has 0 amide bonds. The first kappa shape index (κ1) is 13.7. The summed E-state index contributed by atoms with van der Waals surface area (Å²) in [5.74, 6) is -0.177. The third-order valence-corrected chi connectivity index (χ3v) is 3.37. The molecule has 0 aliphatic heterocycles. The standard InChI is InChI=1S/C14H14BrFN2O/c1-18(13-5-3-9(15)7-12(13)17)10-4-6-14(19-2)11(16)8-10/h3-8H,17H2,1-2H3. The molecule has 100 valence electrons. The zero-order chi connectivity index (χ0) is 14.0. The molecule has 0 saturated heterocycles. The van der Waals surface area contributed by atoms with Crippen molar-refractivity contribution in [3.63, 3.8) is 0 Å². The number of anilines is 3. The van der Waals surface area contributed by atoms with Gasteiger partial charge in [0.1, 0.15) is 0 Å². The maximum Gasteiger partial charge on any atom is 0.167 e. The molecule has 0 fully saturated rings. The van der Waals surface area contributed by atoms with E-state index in [9.17, 15) is 4.39 Å². The normalized spacial score (nSPS) is 10.3. The predicted molar refractivity (Wildman–Crippen MR) is 79.6 cm³/mol. The van der Waals surface area contributed by atoms with Crippen LogP contribution in [0.15, 0.2) is 40.9 Å². The van der Waals surface area contributed by atoms with Crippen LogP contribution in [0.4, 0.5) is 21.5 Å². The van der Waals surface area contributed by atoms with Gasteiger partial charge in [0, 0.05) is 23.3 Å². The van der Waals surface area contributed by atoms with Gasteiger partial charge in [-0.25, -0.2) is 4.39 Å². The lowest BCUT2D eigenvalue weighted by Crippen LogP contribution is -2.11. The summed E-state index contributed by atoms with van der Waals surface area (Å²) in [6.07, 6.45) is 0. The lowest BCUT2D eigenvalue weighted by molar-refractivity contribution is 0.386. The van der Waals surface area contributed by atoms with Gasteiger partial charge in [-0.3, -0.25) is 0 Å². The molecular formula is C14H14BrFN2O. The Balaban J connectivity index is 2.38. The number of hydrogen-bond donors (Lipinski definition) is 1. The molecule has 0 aliphatic rings. The van der Waals surface area contributed by atoms with Gasteiger partial charge in [0.15, 0.2) is 11.6 Å². The third-order valence-electron chi connectivity index (χ3n) is 2.87. The summed E-state index contributed by atoms with van der Waals surface area (Å²) < 4.78 is 19.5. The summed E-state index contributed by atoms with van der Waals surface area (Å²) in [5, 5.41) is 0. The molecule has 0 bridgehead atoms. The Bertz CT molecular complexity index is 604. The zero-order valence-electron chi connectivity index (χ0n) is 10.7. The summed E-state index contributed by atoms with van der Waals surface area (Å²) in [6, 6.07) is 10.4. The van der Waals surface area contributed by atoms with Gasteiger partial charge in [-0.1, -0.05) is 15.9 Å². The Morgan fingerprint density at radius 3 is 2.53 bits per heavy atom. The van der Waals surface area contributed by atoms with Crippen LogP contribution < -0.4 is 15.4 Å². The number of nitrogens with zero attached hydrogens (tertiary/aromatic N) is 1. The Morgan fingerprint density at radius 1 is 1.21 bits per heavy atom. The predicted octanol–water partition coefficient (Wildman–Crippen LogP) is 3.95. The fourth-order valence-corrected chi connectivity index (χ4v) is 2.21. The van der Waals surface area contributed by atoms with Crippen molar-refractivity contribution in [2.45, 2.75) is 0 Å². The van der Waals surface area contributed by atoms with Crippen molar-refractivity contribution >= 4 is 33.0 Å². The molecule has 2 rings (SSSR count). The number of nitrogens with two attached hydrogens (primary N) is 1. The average Bonchev–Trinajstić information content (AvgIpc) is 2.38. The van der Waals surface area contributed by atoms with E-state index in [4.69, 9.17) is 10.5 Å². The lowest BCUT2D eigenvalue weighted by Gasteiger charge is -2.21. The number of benzene rings is 2. The van der Waals surface area contributed by atoms with Crippen LogP contribution in [0, 0.1) is 5.82 Å². The minimum atomic E-state index is -0.400. The van der Waals surface area contributed by atoms with Gasteiger partial charge in [0.2, 0.25) is 0 Å². The Labute approximate surface area is 119 Å². The van der Waals surface area contributed by atoms with Crippen molar-refractivity contribution in [2.75, 3.05) is 24.8 Å². The first-order valence-electron chi connectivity index (χ1n) is 5.65. The monoisotopic (exact) mass is 324 g/mol. The zero-order valence-corrected chi connectivity index (χ0v) is 12.2. The highest BCUT2D eigenvalue weighted by atomic mass is 79.9. The highest BCUT2D eigenvalue weighted by Crippen LogP contribution is 2.32. The number of halogens is 2. The third kappa shape index (κ3) is 2.81. The maximum atomic E-state index is 13.7. The summed E-state index contributed by atoms with van der Waals surface area (Å²) in [5.41, 5.74) is 8.10. The number of rotatable bonds is 3. The van der Waals surface area contributed by atoms with E-state index in [0.717, 1.165) is 10.2 Å².